The first-order valence-corrected chi connectivity index (χ1v) is 7.83. The SMILES string of the molecule is CCCC1CCCN(C(=O)CC(C)(C)CC(=O)O)CC1. The molecule has 1 atom stereocenters. The van der Waals surface area contributed by atoms with E-state index in [2.05, 4.69) is 6.92 Å². The Morgan fingerprint density at radius 3 is 2.50 bits per heavy atom. The highest BCUT2D eigenvalue weighted by molar-refractivity contribution is 5.78. The molecule has 0 radical (unpaired) electrons. The van der Waals surface area contributed by atoms with E-state index in [0.717, 1.165) is 31.8 Å². The third kappa shape index (κ3) is 5.93. The maximum atomic E-state index is 12.3. The molecule has 1 rings (SSSR count). The van der Waals surface area contributed by atoms with Crippen LogP contribution in [0.5, 0.6) is 0 Å². The molecule has 1 N–H and O–H groups in total. The minimum atomic E-state index is -0.832. The van der Waals surface area contributed by atoms with Crippen LogP contribution in [0.3, 0.4) is 0 Å². The highest BCUT2D eigenvalue weighted by Gasteiger charge is 2.28. The Morgan fingerprint density at radius 1 is 1.20 bits per heavy atom. The fourth-order valence-corrected chi connectivity index (χ4v) is 3.10. The highest BCUT2D eigenvalue weighted by atomic mass is 16.4. The van der Waals surface area contributed by atoms with Crippen LogP contribution in [-0.4, -0.2) is 35.0 Å². The molecule has 4 heteroatoms. The van der Waals surface area contributed by atoms with E-state index in [9.17, 15) is 9.59 Å². The molecular formula is C16H29NO3. The number of carbonyl (C=O) groups is 2. The van der Waals surface area contributed by atoms with Crippen molar-refractivity contribution in [3.63, 3.8) is 0 Å². The normalized spacial score (nSPS) is 20.6. The molecule has 0 aromatic rings. The molecule has 0 bridgehead atoms. The molecule has 1 aliphatic heterocycles. The Hall–Kier alpha value is -1.06. The predicted molar refractivity (Wildman–Crippen MR) is 79.5 cm³/mol. The van der Waals surface area contributed by atoms with Gasteiger partial charge in [0.05, 0.1) is 6.42 Å². The van der Waals surface area contributed by atoms with Gasteiger partial charge in [0.2, 0.25) is 5.91 Å². The van der Waals surface area contributed by atoms with Gasteiger partial charge in [0.15, 0.2) is 0 Å². The smallest absolute Gasteiger partial charge is 0.303 e. The van der Waals surface area contributed by atoms with E-state index < -0.39 is 11.4 Å². The summed E-state index contributed by atoms with van der Waals surface area (Å²) in [5, 5.41) is 8.89. The van der Waals surface area contributed by atoms with Crippen LogP contribution in [0.15, 0.2) is 0 Å². The van der Waals surface area contributed by atoms with E-state index in [1.165, 1.54) is 19.3 Å². The summed E-state index contributed by atoms with van der Waals surface area (Å²) in [6, 6.07) is 0. The highest BCUT2D eigenvalue weighted by Crippen LogP contribution is 2.28. The Morgan fingerprint density at radius 2 is 1.90 bits per heavy atom. The van der Waals surface area contributed by atoms with Crippen molar-refractivity contribution in [1.82, 2.24) is 4.90 Å². The fourth-order valence-electron chi connectivity index (χ4n) is 3.10. The molecule has 0 aromatic heterocycles. The van der Waals surface area contributed by atoms with Crippen LogP contribution in [0.25, 0.3) is 0 Å². The van der Waals surface area contributed by atoms with Crippen molar-refractivity contribution in [3.05, 3.63) is 0 Å². The molecular weight excluding hydrogens is 254 g/mol. The van der Waals surface area contributed by atoms with Crippen molar-refractivity contribution in [1.29, 1.82) is 0 Å². The van der Waals surface area contributed by atoms with Gasteiger partial charge < -0.3 is 10.0 Å². The van der Waals surface area contributed by atoms with Gasteiger partial charge in [0, 0.05) is 19.5 Å². The number of carbonyl (C=O) groups excluding carboxylic acids is 1. The van der Waals surface area contributed by atoms with Crippen LogP contribution in [0, 0.1) is 11.3 Å². The number of carboxylic acids is 1. The second kappa shape index (κ2) is 7.65. The van der Waals surface area contributed by atoms with Crippen molar-refractivity contribution >= 4 is 11.9 Å². The first kappa shape index (κ1) is 17.0. The van der Waals surface area contributed by atoms with Gasteiger partial charge in [-0.15, -0.1) is 0 Å². The zero-order valence-electron chi connectivity index (χ0n) is 13.2. The lowest BCUT2D eigenvalue weighted by molar-refractivity contribution is -0.140. The molecule has 0 saturated carbocycles. The number of nitrogens with zero attached hydrogens (tertiary/aromatic N) is 1. The molecule has 0 aromatic carbocycles. The van der Waals surface area contributed by atoms with Gasteiger partial charge in [-0.2, -0.15) is 0 Å². The molecule has 0 aliphatic carbocycles. The fraction of sp³-hybridized carbons (Fsp3) is 0.875. The van der Waals surface area contributed by atoms with Crippen LogP contribution in [0.1, 0.15) is 65.7 Å². The lowest BCUT2D eigenvalue weighted by Gasteiger charge is -2.27. The molecule has 1 heterocycles. The van der Waals surface area contributed by atoms with Gasteiger partial charge >= 0.3 is 5.97 Å². The summed E-state index contributed by atoms with van der Waals surface area (Å²) < 4.78 is 0. The van der Waals surface area contributed by atoms with Crippen molar-refractivity contribution in [2.75, 3.05) is 13.1 Å². The van der Waals surface area contributed by atoms with E-state index in [-0.39, 0.29) is 12.3 Å². The molecule has 1 unspecified atom stereocenters. The van der Waals surface area contributed by atoms with Gasteiger partial charge in [0.1, 0.15) is 0 Å². The second-order valence-corrected chi connectivity index (χ2v) is 6.88. The molecule has 20 heavy (non-hydrogen) atoms. The monoisotopic (exact) mass is 283 g/mol. The van der Waals surface area contributed by atoms with Crippen LogP contribution in [0.4, 0.5) is 0 Å². The first-order chi connectivity index (χ1) is 9.34. The molecule has 1 amide bonds. The summed E-state index contributed by atoms with van der Waals surface area (Å²) in [5.41, 5.74) is -0.460. The Kier molecular flexibility index (Phi) is 6.50. The minimum absolute atomic E-state index is 0.0467. The van der Waals surface area contributed by atoms with Gasteiger partial charge in [-0.3, -0.25) is 9.59 Å². The third-order valence-corrected chi connectivity index (χ3v) is 4.16. The maximum Gasteiger partial charge on any atom is 0.303 e. The number of rotatable bonds is 6. The number of carboxylic acid groups (broad SMARTS) is 1. The summed E-state index contributed by atoms with van der Waals surface area (Å²) in [5.74, 6) is 0.0416. The second-order valence-electron chi connectivity index (χ2n) is 6.88. The largest absolute Gasteiger partial charge is 0.481 e. The molecule has 4 nitrogen and oxygen atoms in total. The van der Waals surface area contributed by atoms with E-state index in [1.54, 1.807) is 0 Å². The van der Waals surface area contributed by atoms with Crippen molar-refractivity contribution < 1.29 is 14.7 Å². The molecule has 1 fully saturated rings. The summed E-state index contributed by atoms with van der Waals surface area (Å²) in [6.45, 7) is 7.60. The number of aliphatic carboxylic acids is 1. The summed E-state index contributed by atoms with van der Waals surface area (Å²) in [6.07, 6.45) is 6.24. The lowest BCUT2D eigenvalue weighted by atomic mass is 9.85. The van der Waals surface area contributed by atoms with Crippen molar-refractivity contribution in [2.45, 2.75) is 65.7 Å². The van der Waals surface area contributed by atoms with E-state index in [0.29, 0.717) is 6.42 Å². The van der Waals surface area contributed by atoms with Crippen molar-refractivity contribution in [3.8, 4) is 0 Å². The number of hydrogen-bond donors (Lipinski definition) is 1. The number of likely N-dealkylation sites (tertiary alicyclic amines) is 1. The number of amides is 1. The van der Waals surface area contributed by atoms with Gasteiger partial charge in [-0.25, -0.2) is 0 Å². The summed E-state index contributed by atoms with van der Waals surface area (Å²) in [7, 11) is 0. The van der Waals surface area contributed by atoms with Gasteiger partial charge in [-0.05, 0) is 30.6 Å². The predicted octanol–water partition coefficient (Wildman–Crippen LogP) is 3.31. The van der Waals surface area contributed by atoms with E-state index >= 15 is 0 Å². The van der Waals surface area contributed by atoms with E-state index in [1.807, 2.05) is 18.7 Å². The Balaban J connectivity index is 2.49. The topological polar surface area (TPSA) is 57.6 Å². The van der Waals surface area contributed by atoms with Crippen LogP contribution in [0.2, 0.25) is 0 Å². The minimum Gasteiger partial charge on any atom is -0.481 e. The quantitative estimate of drug-likeness (QED) is 0.813. The lowest BCUT2D eigenvalue weighted by Crippen LogP contribution is -2.35. The average Bonchev–Trinajstić information content (AvgIpc) is 2.52. The molecule has 116 valence electrons. The summed E-state index contributed by atoms with van der Waals surface area (Å²) >= 11 is 0. The maximum absolute atomic E-state index is 12.3. The standard InChI is InChI=1S/C16H29NO3/c1-4-6-13-7-5-9-17(10-8-13)14(18)11-16(2,3)12-15(19)20/h13H,4-12H2,1-3H3,(H,19,20). The molecule has 1 aliphatic rings. The molecule has 1 saturated heterocycles. The van der Waals surface area contributed by atoms with Crippen LogP contribution in [-0.2, 0) is 9.59 Å². The van der Waals surface area contributed by atoms with E-state index in [4.69, 9.17) is 5.11 Å². The Labute approximate surface area is 122 Å². The zero-order chi connectivity index (χ0) is 15.2. The number of hydrogen-bond acceptors (Lipinski definition) is 2. The van der Waals surface area contributed by atoms with Crippen molar-refractivity contribution in [2.24, 2.45) is 11.3 Å². The van der Waals surface area contributed by atoms with Crippen LogP contribution >= 0.6 is 0 Å². The van der Waals surface area contributed by atoms with Gasteiger partial charge in [0.25, 0.3) is 0 Å². The third-order valence-electron chi connectivity index (χ3n) is 4.16. The summed E-state index contributed by atoms with van der Waals surface area (Å²) in [4.78, 5) is 25.1. The molecule has 0 spiro atoms. The Bertz CT molecular complexity index is 339. The van der Waals surface area contributed by atoms with Crippen LogP contribution < -0.4 is 0 Å². The average molecular weight is 283 g/mol. The first-order valence-electron chi connectivity index (χ1n) is 7.83. The van der Waals surface area contributed by atoms with Gasteiger partial charge in [-0.1, -0.05) is 33.6 Å². The zero-order valence-corrected chi connectivity index (χ0v) is 13.2.